The zero-order chi connectivity index (χ0) is 20.7. The normalized spacial score (nSPS) is 24.2. The quantitative estimate of drug-likeness (QED) is 0.250. The molecule has 3 unspecified atom stereocenters. The summed E-state index contributed by atoms with van der Waals surface area (Å²) in [6, 6.07) is 0. The minimum atomic E-state index is -0.457. The highest BCUT2D eigenvalue weighted by atomic mass is 79.9. The number of rotatable bonds is 11. The summed E-state index contributed by atoms with van der Waals surface area (Å²) in [6.45, 7) is 4.03. The molecule has 0 bridgehead atoms. The number of pyridine rings is 1. The second-order valence-electron chi connectivity index (χ2n) is 6.97. The Hall–Kier alpha value is -0.450. The summed E-state index contributed by atoms with van der Waals surface area (Å²) in [7, 11) is 4.77. The maximum Gasteiger partial charge on any atom is 0.237 e. The van der Waals surface area contributed by atoms with E-state index in [0.717, 1.165) is 11.8 Å². The van der Waals surface area contributed by atoms with E-state index in [9.17, 15) is 4.79 Å². The molecule has 3 atom stereocenters. The van der Waals surface area contributed by atoms with Crippen molar-refractivity contribution in [2.24, 2.45) is 5.41 Å². The van der Waals surface area contributed by atoms with Crippen molar-refractivity contribution >= 4 is 31.9 Å². The highest BCUT2D eigenvalue weighted by Gasteiger charge is 2.49. The lowest BCUT2D eigenvalue weighted by molar-refractivity contribution is -0.177. The molecule has 0 amide bonds. The maximum absolute atomic E-state index is 12.7. The number of aromatic nitrogens is 1. The van der Waals surface area contributed by atoms with Gasteiger partial charge in [-0.1, -0.05) is 22.9 Å². The van der Waals surface area contributed by atoms with E-state index < -0.39 is 11.5 Å². The zero-order valence-corrected chi connectivity index (χ0v) is 20.0. The van der Waals surface area contributed by atoms with E-state index in [-0.39, 0.29) is 24.1 Å². The molecule has 0 radical (unpaired) electrons. The number of hydrogen-bond acceptors (Lipinski definition) is 6. The Kier molecular flexibility index (Phi) is 9.43. The van der Waals surface area contributed by atoms with E-state index in [2.05, 4.69) is 38.8 Å². The monoisotopic (exact) mass is 525 g/mol. The van der Waals surface area contributed by atoms with Gasteiger partial charge in [-0.3, -0.25) is 4.79 Å². The number of fused-ring (bicyclic) bond motifs is 1. The molecule has 7 nitrogen and oxygen atoms in total. The summed E-state index contributed by atoms with van der Waals surface area (Å²) >= 11 is 6.74. The molecule has 0 saturated carbocycles. The number of alkyl halides is 1. The Balaban J connectivity index is 2.46. The first-order chi connectivity index (χ1) is 13.4. The van der Waals surface area contributed by atoms with Gasteiger partial charge in [-0.15, -0.1) is 0 Å². The Morgan fingerprint density at radius 3 is 2.64 bits per heavy atom. The van der Waals surface area contributed by atoms with Gasteiger partial charge in [0.15, 0.2) is 5.75 Å². The molecule has 0 aromatic carbocycles. The molecule has 0 spiro atoms. The van der Waals surface area contributed by atoms with Gasteiger partial charge in [0.05, 0.1) is 23.4 Å². The maximum atomic E-state index is 12.7. The Morgan fingerprint density at radius 1 is 1.29 bits per heavy atom. The first-order valence-corrected chi connectivity index (χ1v) is 11.1. The lowest BCUT2D eigenvalue weighted by Crippen LogP contribution is -2.49. The van der Waals surface area contributed by atoms with E-state index in [1.54, 1.807) is 20.4 Å². The molecule has 2 rings (SSSR count). The van der Waals surface area contributed by atoms with Crippen molar-refractivity contribution in [3.63, 3.8) is 0 Å². The smallest absolute Gasteiger partial charge is 0.237 e. The molecule has 1 aromatic rings. The van der Waals surface area contributed by atoms with Gasteiger partial charge in [0.1, 0.15) is 12.9 Å². The molecule has 0 aliphatic carbocycles. The van der Waals surface area contributed by atoms with Crippen molar-refractivity contribution < 1.29 is 23.7 Å². The van der Waals surface area contributed by atoms with Crippen molar-refractivity contribution in [1.82, 2.24) is 4.57 Å². The van der Waals surface area contributed by atoms with E-state index in [0.29, 0.717) is 36.3 Å². The average molecular weight is 527 g/mol. The third-order valence-electron chi connectivity index (χ3n) is 5.23. The number of methoxy groups -OCH3 is 3. The van der Waals surface area contributed by atoms with Gasteiger partial charge in [0.25, 0.3) is 0 Å². The fourth-order valence-corrected chi connectivity index (χ4v) is 4.35. The summed E-state index contributed by atoms with van der Waals surface area (Å²) in [5.41, 5.74) is 0.0606. The largest absolute Gasteiger partial charge is 0.491 e. The summed E-state index contributed by atoms with van der Waals surface area (Å²) < 4.78 is 30.8. The van der Waals surface area contributed by atoms with Crippen molar-refractivity contribution in [2.45, 2.75) is 38.5 Å². The minimum absolute atomic E-state index is 0.0918. The lowest BCUT2D eigenvalue weighted by atomic mass is 9.72. The van der Waals surface area contributed by atoms with Crippen LogP contribution >= 0.6 is 31.9 Å². The second-order valence-corrected chi connectivity index (χ2v) is 8.61. The molecule has 28 heavy (non-hydrogen) atoms. The predicted molar refractivity (Wildman–Crippen MR) is 113 cm³/mol. The minimum Gasteiger partial charge on any atom is -0.491 e. The molecule has 0 fully saturated rings. The van der Waals surface area contributed by atoms with Crippen LogP contribution in [0.25, 0.3) is 0 Å². The lowest BCUT2D eigenvalue weighted by Gasteiger charge is -2.47. The van der Waals surface area contributed by atoms with Crippen molar-refractivity contribution in [1.29, 1.82) is 0 Å². The molecule has 160 valence electrons. The standard InChI is InChI=1S/C19H29Br2NO6/c1-19(6-9-27-8-5-7-20)14(25-3)11-22-10-13(21)16(23)17(26-4)15(22)18(19)28-12-24-2/h10,14,18H,5-9,11-12H2,1-4H3. The fraction of sp³-hybridized carbons (Fsp3) is 0.737. The highest BCUT2D eigenvalue weighted by molar-refractivity contribution is 9.10. The van der Waals surface area contributed by atoms with E-state index in [1.807, 2.05) is 4.57 Å². The molecule has 1 aromatic heterocycles. The molecular formula is C19H29Br2NO6. The Labute approximate surface area is 182 Å². The highest BCUT2D eigenvalue weighted by Crippen LogP contribution is 2.49. The predicted octanol–water partition coefficient (Wildman–Crippen LogP) is 3.51. The summed E-state index contributed by atoms with van der Waals surface area (Å²) in [5.74, 6) is 0.275. The van der Waals surface area contributed by atoms with Crippen LogP contribution in [0.1, 0.15) is 31.6 Å². The number of halogens is 2. The van der Waals surface area contributed by atoms with Crippen LogP contribution in [0.15, 0.2) is 15.5 Å². The topological polar surface area (TPSA) is 68.2 Å². The van der Waals surface area contributed by atoms with Crippen LogP contribution in [0.5, 0.6) is 5.75 Å². The molecule has 2 heterocycles. The summed E-state index contributed by atoms with van der Waals surface area (Å²) in [4.78, 5) is 12.7. The first kappa shape index (κ1) is 23.8. The van der Waals surface area contributed by atoms with Crippen LogP contribution in [0.2, 0.25) is 0 Å². The summed E-state index contributed by atoms with van der Waals surface area (Å²) in [5, 5.41) is 0.910. The van der Waals surface area contributed by atoms with Crippen LogP contribution in [0, 0.1) is 5.41 Å². The van der Waals surface area contributed by atoms with E-state index >= 15 is 0 Å². The number of hydrogen-bond donors (Lipinski definition) is 0. The molecule has 9 heteroatoms. The SMILES string of the molecule is COCOC1c2c(OC)c(=O)c(Br)cn2CC(OC)C1(C)CCOCCCBr. The molecular weight excluding hydrogens is 498 g/mol. The Bertz CT molecular complexity index is 698. The van der Waals surface area contributed by atoms with Crippen LogP contribution in [0.4, 0.5) is 0 Å². The van der Waals surface area contributed by atoms with E-state index in [4.69, 9.17) is 23.7 Å². The van der Waals surface area contributed by atoms with Crippen LogP contribution in [-0.4, -0.2) is 57.3 Å². The summed E-state index contributed by atoms with van der Waals surface area (Å²) in [6.07, 6.45) is 2.83. The molecule has 0 saturated heterocycles. The third-order valence-corrected chi connectivity index (χ3v) is 6.35. The number of ether oxygens (including phenoxy) is 5. The molecule has 1 aliphatic rings. The van der Waals surface area contributed by atoms with Gasteiger partial charge in [-0.05, 0) is 28.8 Å². The second kappa shape index (κ2) is 11.1. The third kappa shape index (κ3) is 4.99. The van der Waals surface area contributed by atoms with Crippen LogP contribution in [0.3, 0.4) is 0 Å². The first-order valence-electron chi connectivity index (χ1n) is 9.18. The van der Waals surface area contributed by atoms with Crippen LogP contribution in [-0.2, 0) is 25.5 Å². The number of nitrogens with zero attached hydrogens (tertiary/aromatic N) is 1. The van der Waals surface area contributed by atoms with Crippen LogP contribution < -0.4 is 10.2 Å². The van der Waals surface area contributed by atoms with Crippen molar-refractivity contribution in [3.05, 3.63) is 26.6 Å². The average Bonchev–Trinajstić information content (AvgIpc) is 2.68. The van der Waals surface area contributed by atoms with Crippen molar-refractivity contribution in [2.75, 3.05) is 46.7 Å². The molecule has 0 N–H and O–H groups in total. The van der Waals surface area contributed by atoms with Crippen molar-refractivity contribution in [3.8, 4) is 5.75 Å². The fourth-order valence-electron chi connectivity index (χ4n) is 3.70. The van der Waals surface area contributed by atoms with Gasteiger partial charge in [-0.25, -0.2) is 0 Å². The zero-order valence-electron chi connectivity index (χ0n) is 16.8. The van der Waals surface area contributed by atoms with Gasteiger partial charge >= 0.3 is 0 Å². The van der Waals surface area contributed by atoms with Gasteiger partial charge in [0.2, 0.25) is 5.43 Å². The van der Waals surface area contributed by atoms with Gasteiger partial charge in [-0.2, -0.15) is 0 Å². The van der Waals surface area contributed by atoms with E-state index in [1.165, 1.54) is 7.11 Å². The Morgan fingerprint density at radius 2 is 2.04 bits per heavy atom. The molecule has 1 aliphatic heterocycles. The van der Waals surface area contributed by atoms with Gasteiger partial charge < -0.3 is 28.3 Å². The van der Waals surface area contributed by atoms with Gasteiger partial charge in [0, 0.05) is 50.9 Å².